The van der Waals surface area contributed by atoms with E-state index in [1.54, 1.807) is 0 Å². The van der Waals surface area contributed by atoms with E-state index in [0.717, 1.165) is 17.9 Å². The van der Waals surface area contributed by atoms with Crippen LogP contribution in [-0.2, 0) is 0 Å². The standard InChI is InChI=1S/C14H22ClN/c1-9(5-6-12(4)16)13-7-10(2)11(3)8-14(13)15/h7-9,12H,5-6,16H2,1-4H3. The summed E-state index contributed by atoms with van der Waals surface area (Å²) in [5.74, 6) is 0.484. The minimum Gasteiger partial charge on any atom is -0.328 e. The molecule has 2 unspecified atom stereocenters. The van der Waals surface area contributed by atoms with Gasteiger partial charge in [-0.3, -0.25) is 0 Å². The Balaban J connectivity index is 2.82. The van der Waals surface area contributed by atoms with Crippen molar-refractivity contribution in [2.45, 2.75) is 52.5 Å². The fraction of sp³-hybridized carbons (Fsp3) is 0.571. The van der Waals surface area contributed by atoms with Crippen LogP contribution in [0.15, 0.2) is 12.1 Å². The summed E-state index contributed by atoms with van der Waals surface area (Å²) in [7, 11) is 0. The maximum Gasteiger partial charge on any atom is 0.0443 e. The zero-order chi connectivity index (χ0) is 12.3. The van der Waals surface area contributed by atoms with Crippen molar-refractivity contribution in [3.8, 4) is 0 Å². The summed E-state index contributed by atoms with van der Waals surface area (Å²) in [5.41, 5.74) is 9.60. The molecule has 0 saturated heterocycles. The van der Waals surface area contributed by atoms with Gasteiger partial charge in [0.2, 0.25) is 0 Å². The van der Waals surface area contributed by atoms with Crippen molar-refractivity contribution >= 4 is 11.6 Å². The molecule has 1 rings (SSSR count). The molecule has 0 heterocycles. The first kappa shape index (κ1) is 13.5. The van der Waals surface area contributed by atoms with E-state index in [9.17, 15) is 0 Å². The fourth-order valence-corrected chi connectivity index (χ4v) is 2.25. The Morgan fingerprint density at radius 2 is 1.69 bits per heavy atom. The van der Waals surface area contributed by atoms with E-state index in [2.05, 4.69) is 39.8 Å². The van der Waals surface area contributed by atoms with Crippen molar-refractivity contribution in [2.24, 2.45) is 5.73 Å². The first-order valence-electron chi connectivity index (χ1n) is 5.94. The van der Waals surface area contributed by atoms with Crippen LogP contribution in [0.2, 0.25) is 5.02 Å². The second kappa shape index (κ2) is 5.70. The van der Waals surface area contributed by atoms with Gasteiger partial charge in [-0.25, -0.2) is 0 Å². The Kier molecular flexibility index (Phi) is 4.82. The molecule has 0 amide bonds. The van der Waals surface area contributed by atoms with Crippen molar-refractivity contribution in [1.82, 2.24) is 0 Å². The molecule has 0 saturated carbocycles. The molecule has 0 aromatic heterocycles. The smallest absolute Gasteiger partial charge is 0.0443 e. The van der Waals surface area contributed by atoms with E-state index in [1.807, 2.05) is 0 Å². The van der Waals surface area contributed by atoms with Gasteiger partial charge in [-0.1, -0.05) is 24.6 Å². The molecule has 1 nitrogen and oxygen atoms in total. The minimum atomic E-state index is 0.271. The maximum atomic E-state index is 6.28. The highest BCUT2D eigenvalue weighted by atomic mass is 35.5. The molecule has 1 aromatic rings. The molecule has 0 aliphatic rings. The summed E-state index contributed by atoms with van der Waals surface area (Å²) in [5, 5.41) is 0.889. The molecule has 2 atom stereocenters. The summed E-state index contributed by atoms with van der Waals surface area (Å²) < 4.78 is 0. The topological polar surface area (TPSA) is 26.0 Å². The van der Waals surface area contributed by atoms with Crippen LogP contribution in [-0.4, -0.2) is 6.04 Å². The SMILES string of the molecule is Cc1cc(Cl)c(C(C)CCC(C)N)cc1C. The van der Waals surface area contributed by atoms with Crippen molar-refractivity contribution in [3.63, 3.8) is 0 Å². The van der Waals surface area contributed by atoms with Crippen LogP contribution in [0.5, 0.6) is 0 Å². The number of hydrogen-bond donors (Lipinski definition) is 1. The van der Waals surface area contributed by atoms with Crippen LogP contribution in [0.3, 0.4) is 0 Å². The minimum absolute atomic E-state index is 0.271. The van der Waals surface area contributed by atoms with E-state index in [0.29, 0.717) is 5.92 Å². The van der Waals surface area contributed by atoms with Gasteiger partial charge < -0.3 is 5.73 Å². The molecule has 0 aliphatic carbocycles. The van der Waals surface area contributed by atoms with Crippen LogP contribution in [0.4, 0.5) is 0 Å². The third-order valence-electron chi connectivity index (χ3n) is 3.20. The van der Waals surface area contributed by atoms with E-state index in [4.69, 9.17) is 17.3 Å². The predicted molar refractivity (Wildman–Crippen MR) is 72.2 cm³/mol. The average Bonchev–Trinajstić information content (AvgIpc) is 2.20. The summed E-state index contributed by atoms with van der Waals surface area (Å²) in [6, 6.07) is 4.55. The number of nitrogens with two attached hydrogens (primary N) is 1. The zero-order valence-corrected chi connectivity index (χ0v) is 11.4. The molecule has 90 valence electrons. The lowest BCUT2D eigenvalue weighted by Gasteiger charge is -2.16. The Morgan fingerprint density at radius 1 is 1.12 bits per heavy atom. The van der Waals surface area contributed by atoms with Gasteiger partial charge in [0.15, 0.2) is 0 Å². The summed E-state index contributed by atoms with van der Waals surface area (Å²) in [6.45, 7) is 8.50. The molecular formula is C14H22ClN. The van der Waals surface area contributed by atoms with Gasteiger partial charge in [-0.2, -0.15) is 0 Å². The number of hydrogen-bond acceptors (Lipinski definition) is 1. The molecule has 0 bridgehead atoms. The summed E-state index contributed by atoms with van der Waals surface area (Å²) in [6.07, 6.45) is 2.14. The van der Waals surface area contributed by atoms with Gasteiger partial charge >= 0.3 is 0 Å². The second-order valence-corrected chi connectivity index (χ2v) is 5.32. The van der Waals surface area contributed by atoms with Crippen LogP contribution in [0, 0.1) is 13.8 Å². The van der Waals surface area contributed by atoms with Crippen LogP contribution < -0.4 is 5.73 Å². The van der Waals surface area contributed by atoms with E-state index in [-0.39, 0.29) is 6.04 Å². The average molecular weight is 240 g/mol. The fourth-order valence-electron chi connectivity index (χ4n) is 1.85. The monoisotopic (exact) mass is 239 g/mol. The molecule has 0 aliphatic heterocycles. The molecule has 2 N–H and O–H groups in total. The Labute approximate surface area is 104 Å². The molecular weight excluding hydrogens is 218 g/mol. The zero-order valence-electron chi connectivity index (χ0n) is 10.7. The van der Waals surface area contributed by atoms with E-state index in [1.165, 1.54) is 16.7 Å². The highest BCUT2D eigenvalue weighted by Gasteiger charge is 2.11. The van der Waals surface area contributed by atoms with E-state index < -0.39 is 0 Å². The first-order valence-corrected chi connectivity index (χ1v) is 6.31. The quantitative estimate of drug-likeness (QED) is 0.838. The second-order valence-electron chi connectivity index (χ2n) is 4.91. The third kappa shape index (κ3) is 3.50. The first-order chi connectivity index (χ1) is 7.41. The Bertz CT molecular complexity index is 358. The van der Waals surface area contributed by atoms with Gasteiger partial charge in [0.05, 0.1) is 0 Å². The Hall–Kier alpha value is -0.530. The molecule has 0 radical (unpaired) electrons. The molecule has 0 spiro atoms. The highest BCUT2D eigenvalue weighted by molar-refractivity contribution is 6.31. The van der Waals surface area contributed by atoms with Crippen LogP contribution in [0.1, 0.15) is 49.3 Å². The van der Waals surface area contributed by atoms with Gasteiger partial charge in [0, 0.05) is 11.1 Å². The Morgan fingerprint density at radius 3 is 2.25 bits per heavy atom. The van der Waals surface area contributed by atoms with Gasteiger partial charge in [0.1, 0.15) is 0 Å². The molecule has 0 fully saturated rings. The lowest BCUT2D eigenvalue weighted by atomic mass is 9.92. The van der Waals surface area contributed by atoms with Crippen LogP contribution in [0.25, 0.3) is 0 Å². The highest BCUT2D eigenvalue weighted by Crippen LogP contribution is 2.30. The molecule has 2 heteroatoms. The predicted octanol–water partition coefficient (Wildman–Crippen LogP) is 4.19. The molecule has 1 aromatic carbocycles. The third-order valence-corrected chi connectivity index (χ3v) is 3.53. The van der Waals surface area contributed by atoms with Gasteiger partial charge in [-0.15, -0.1) is 0 Å². The molecule has 16 heavy (non-hydrogen) atoms. The van der Waals surface area contributed by atoms with Crippen molar-refractivity contribution in [3.05, 3.63) is 33.8 Å². The number of halogens is 1. The lowest BCUT2D eigenvalue weighted by Crippen LogP contribution is -2.15. The van der Waals surface area contributed by atoms with Crippen LogP contribution >= 0.6 is 11.6 Å². The van der Waals surface area contributed by atoms with E-state index >= 15 is 0 Å². The van der Waals surface area contributed by atoms with Crippen molar-refractivity contribution < 1.29 is 0 Å². The van der Waals surface area contributed by atoms with Crippen molar-refractivity contribution in [1.29, 1.82) is 0 Å². The number of benzene rings is 1. The summed E-state index contributed by atoms with van der Waals surface area (Å²) in [4.78, 5) is 0. The van der Waals surface area contributed by atoms with Gasteiger partial charge in [-0.05, 0) is 62.3 Å². The largest absolute Gasteiger partial charge is 0.328 e. The van der Waals surface area contributed by atoms with Gasteiger partial charge in [0.25, 0.3) is 0 Å². The normalized spacial score (nSPS) is 14.9. The van der Waals surface area contributed by atoms with Crippen molar-refractivity contribution in [2.75, 3.05) is 0 Å². The number of aryl methyl sites for hydroxylation is 2. The lowest BCUT2D eigenvalue weighted by molar-refractivity contribution is 0.568. The number of rotatable bonds is 4. The summed E-state index contributed by atoms with van der Waals surface area (Å²) >= 11 is 6.28. The maximum absolute atomic E-state index is 6.28.